The fourth-order valence-electron chi connectivity index (χ4n) is 9.63. The Bertz CT molecular complexity index is 2210. The number of anilines is 1. The summed E-state index contributed by atoms with van der Waals surface area (Å²) in [4.78, 5) is 30.4. The third-order valence-corrected chi connectivity index (χ3v) is 20.6. The molecule has 0 bridgehead atoms. The summed E-state index contributed by atoms with van der Waals surface area (Å²) in [5, 5.41) is 12.2. The van der Waals surface area contributed by atoms with Crippen LogP contribution < -0.4 is 20.5 Å². The molecule has 0 saturated carbocycles. The van der Waals surface area contributed by atoms with Crippen LogP contribution >= 0.6 is 8.53 Å². The molecule has 1 amide bonds. The average Bonchev–Trinajstić information content (AvgIpc) is 3.63. The number of benzene rings is 3. The molecular weight excluding hydrogens is 902 g/mol. The lowest BCUT2D eigenvalue weighted by molar-refractivity contribution is -0.124. The lowest BCUT2D eigenvalue weighted by Crippen LogP contribution is -2.49. The number of rotatable bonds is 25. The zero-order valence-electron chi connectivity index (χ0n) is 42.0. The molecule has 1 N–H and O–H groups in total. The van der Waals surface area contributed by atoms with Gasteiger partial charge in [-0.25, -0.2) is 9.46 Å². The number of methoxy groups -OCH3 is 2. The van der Waals surface area contributed by atoms with Crippen molar-refractivity contribution in [3.8, 4) is 17.6 Å². The second-order valence-corrected chi connectivity index (χ2v) is 25.3. The highest BCUT2D eigenvalue weighted by atomic mass is 31.2. The first-order valence-electron chi connectivity index (χ1n) is 23.5. The molecular formula is C51H72N5O10PSi. The van der Waals surface area contributed by atoms with E-state index in [-0.39, 0.29) is 66.9 Å². The van der Waals surface area contributed by atoms with Gasteiger partial charge in [-0.15, -0.1) is 0 Å². The Morgan fingerprint density at radius 1 is 0.838 bits per heavy atom. The maximum Gasteiger partial charge on any atom is 0.351 e. The summed E-state index contributed by atoms with van der Waals surface area (Å²) in [6.07, 6.45) is -2.32. The van der Waals surface area contributed by atoms with Crippen LogP contribution in [0.4, 0.5) is 5.82 Å². The zero-order valence-corrected chi connectivity index (χ0v) is 43.9. The molecule has 17 heteroatoms. The second kappa shape index (κ2) is 24.8. The first-order valence-corrected chi connectivity index (χ1v) is 26.7. The van der Waals surface area contributed by atoms with Crippen LogP contribution in [0.3, 0.4) is 0 Å². The molecule has 4 aromatic rings. The number of carbonyl (C=O) groups is 1. The summed E-state index contributed by atoms with van der Waals surface area (Å²) in [5.74, 6) is 1.07. The van der Waals surface area contributed by atoms with Gasteiger partial charge in [0.15, 0.2) is 6.23 Å². The Labute approximate surface area is 405 Å². The van der Waals surface area contributed by atoms with Crippen LogP contribution in [0.1, 0.15) is 106 Å². The fraction of sp³-hybridized carbons (Fsp3) is 0.529. The highest BCUT2D eigenvalue weighted by molar-refractivity contribution is 7.44. The van der Waals surface area contributed by atoms with E-state index in [0.29, 0.717) is 11.5 Å². The van der Waals surface area contributed by atoms with Crippen molar-refractivity contribution < 1.29 is 42.0 Å². The van der Waals surface area contributed by atoms with Gasteiger partial charge in [0.2, 0.25) is 14.2 Å². The Morgan fingerprint density at radius 3 is 1.85 bits per heavy atom. The number of amides is 1. The van der Waals surface area contributed by atoms with Crippen molar-refractivity contribution in [2.75, 3.05) is 39.5 Å². The predicted octanol–water partition coefficient (Wildman–Crippen LogP) is 10.3. The molecule has 68 heavy (non-hydrogen) atoms. The van der Waals surface area contributed by atoms with Gasteiger partial charge in [-0.3, -0.25) is 9.36 Å². The van der Waals surface area contributed by atoms with Gasteiger partial charge in [0, 0.05) is 25.2 Å². The predicted molar refractivity (Wildman–Crippen MR) is 267 cm³/mol. The highest BCUT2D eigenvalue weighted by Gasteiger charge is 2.53. The van der Waals surface area contributed by atoms with Crippen molar-refractivity contribution in [3.63, 3.8) is 0 Å². The molecule has 0 spiro atoms. The van der Waals surface area contributed by atoms with E-state index < -0.39 is 52.7 Å². The molecule has 0 aliphatic carbocycles. The van der Waals surface area contributed by atoms with Crippen LogP contribution in [0.25, 0.3) is 0 Å². The van der Waals surface area contributed by atoms with Crippen molar-refractivity contribution >= 4 is 28.6 Å². The molecule has 3 aromatic carbocycles. The molecule has 1 aromatic heterocycles. The maximum absolute atomic E-state index is 14.1. The third kappa shape index (κ3) is 12.4. The van der Waals surface area contributed by atoms with Crippen LogP contribution in [-0.2, 0) is 38.1 Å². The SMILES string of the molecule is COc1ccc(C(OC[C@H]2O[C@@H](n3ccc(NC(C)=O)nc3=O)[C@H](OP(OCCC#N)N(C(C)C)C(C)C)[C@@H]2OCO[Si](C(C)C)(C(C)C)C(C)C)(c2ccccc2)c2ccc(OC)cc2)cc1. The monoisotopic (exact) mass is 973 g/mol. The Morgan fingerprint density at radius 2 is 1.38 bits per heavy atom. The Kier molecular flexibility index (Phi) is 19.9. The number of hydrogen-bond donors (Lipinski definition) is 1. The normalized spacial score (nSPS) is 18.2. The van der Waals surface area contributed by atoms with Crippen molar-refractivity contribution in [1.82, 2.24) is 14.2 Å². The van der Waals surface area contributed by atoms with Gasteiger partial charge < -0.3 is 42.5 Å². The molecule has 1 aliphatic heterocycles. The van der Waals surface area contributed by atoms with Crippen molar-refractivity contribution in [2.45, 2.75) is 141 Å². The van der Waals surface area contributed by atoms with Gasteiger partial charge in [-0.1, -0.05) is 96.1 Å². The maximum atomic E-state index is 14.1. The number of nitriles is 1. The molecule has 5 atom stereocenters. The number of nitrogens with one attached hydrogen (secondary N) is 1. The first kappa shape index (κ1) is 54.4. The summed E-state index contributed by atoms with van der Waals surface area (Å²) in [5.41, 5.74) is 1.35. The standard InChI is InChI=1S/C51H72N5O10PSi/c1-34(2)56(35(3)4)67(63-31-17-29-52)66-48-47(61-33-64-68(36(5)6,37(7)8)38(9)10)45(65-49(48)55-30-28-46(53-39(11)57)54-50(55)58)32-62-51(40-18-15-14-16-19-40,41-20-24-43(59-12)25-21-41)42-22-26-44(60-13)27-23-42/h14-16,18-28,30,34-38,45,47-49H,17,31-33H2,1-13H3,(H,53,54,57,58)/t45-,47-,48-,49-,67?/m1/s1. The number of aromatic nitrogens is 2. The van der Waals surface area contributed by atoms with E-state index in [9.17, 15) is 14.9 Å². The van der Waals surface area contributed by atoms with Crippen LogP contribution in [0, 0.1) is 11.3 Å². The number of nitrogens with zero attached hydrogens (tertiary/aromatic N) is 4. The number of hydrogen-bond acceptors (Lipinski definition) is 13. The van der Waals surface area contributed by atoms with Gasteiger partial charge in [0.05, 0.1) is 39.9 Å². The fourth-order valence-corrected chi connectivity index (χ4v) is 16.6. The molecule has 370 valence electrons. The van der Waals surface area contributed by atoms with Gasteiger partial charge in [0.25, 0.3) is 8.53 Å². The molecule has 1 saturated heterocycles. The van der Waals surface area contributed by atoms with E-state index in [4.69, 9.17) is 37.2 Å². The lowest BCUT2D eigenvalue weighted by Gasteiger charge is -2.42. The van der Waals surface area contributed by atoms with Gasteiger partial charge in [-0.05, 0) is 91.3 Å². The zero-order chi connectivity index (χ0) is 49.8. The summed E-state index contributed by atoms with van der Waals surface area (Å²) in [6, 6.07) is 29.1. The second-order valence-electron chi connectivity index (χ2n) is 18.4. The molecule has 1 fully saturated rings. The van der Waals surface area contributed by atoms with Crippen LogP contribution in [0.2, 0.25) is 16.6 Å². The Hall–Kier alpha value is -4.53. The van der Waals surface area contributed by atoms with Crippen LogP contribution in [0.5, 0.6) is 11.5 Å². The first-order chi connectivity index (χ1) is 32.4. The van der Waals surface area contributed by atoms with Gasteiger partial charge in [-0.2, -0.15) is 10.2 Å². The molecule has 1 unspecified atom stereocenters. The average molecular weight is 974 g/mol. The Balaban J connectivity index is 1.73. The van der Waals surface area contributed by atoms with Crippen molar-refractivity contribution in [2.24, 2.45) is 0 Å². The van der Waals surface area contributed by atoms with Crippen LogP contribution in [0.15, 0.2) is 95.9 Å². The van der Waals surface area contributed by atoms with Crippen LogP contribution in [-0.4, -0.2) is 93.1 Å². The highest BCUT2D eigenvalue weighted by Crippen LogP contribution is 2.52. The topological polar surface area (TPSA) is 165 Å². The summed E-state index contributed by atoms with van der Waals surface area (Å²) in [7, 11) is -1.12. The van der Waals surface area contributed by atoms with Gasteiger partial charge >= 0.3 is 5.69 Å². The van der Waals surface area contributed by atoms with Crippen molar-refractivity contribution in [3.05, 3.63) is 118 Å². The van der Waals surface area contributed by atoms with E-state index in [1.165, 1.54) is 23.8 Å². The number of ether oxygens (including phenoxy) is 5. The molecule has 15 nitrogen and oxygen atoms in total. The van der Waals surface area contributed by atoms with Crippen molar-refractivity contribution in [1.29, 1.82) is 5.26 Å². The smallest absolute Gasteiger partial charge is 0.351 e. The molecule has 2 heterocycles. The summed E-state index contributed by atoms with van der Waals surface area (Å²) < 4.78 is 56.9. The largest absolute Gasteiger partial charge is 0.497 e. The van der Waals surface area contributed by atoms with E-state index >= 15 is 0 Å². The third-order valence-electron chi connectivity index (χ3n) is 12.5. The van der Waals surface area contributed by atoms with E-state index in [0.717, 1.165) is 16.7 Å². The van der Waals surface area contributed by atoms with E-state index in [1.54, 1.807) is 14.2 Å². The molecule has 5 rings (SSSR count). The molecule has 1 aliphatic rings. The quantitative estimate of drug-likeness (QED) is 0.0220. The van der Waals surface area contributed by atoms with E-state index in [1.807, 2.05) is 78.9 Å². The summed E-state index contributed by atoms with van der Waals surface area (Å²) >= 11 is 0. The van der Waals surface area contributed by atoms with Gasteiger partial charge in [0.1, 0.15) is 48.0 Å². The minimum absolute atomic E-state index is 0.0395. The van der Waals surface area contributed by atoms with E-state index in [2.05, 4.69) is 90.3 Å². The lowest BCUT2D eigenvalue weighted by atomic mass is 9.80. The number of carbonyl (C=O) groups excluding carboxylic acids is 1. The minimum Gasteiger partial charge on any atom is -0.497 e. The minimum atomic E-state index is -2.47. The molecule has 0 radical (unpaired) electrons. The summed E-state index contributed by atoms with van der Waals surface area (Å²) in [6.45, 7) is 22.8.